The number of hydrogen-bond donors (Lipinski definition) is 8. The number of rotatable bonds is 5. The van der Waals surface area contributed by atoms with E-state index in [0.29, 0.717) is 27.3 Å². The van der Waals surface area contributed by atoms with Crippen LogP contribution >= 0.6 is 11.3 Å². The van der Waals surface area contributed by atoms with E-state index in [0.717, 1.165) is 32.7 Å². The Hall–Kier alpha value is -7.02. The summed E-state index contributed by atoms with van der Waals surface area (Å²) in [6, 6.07) is 8.49. The molecular formula is C40H44N10O8S. The molecule has 4 atom stereocenters. The zero-order valence-electron chi connectivity index (χ0n) is 32.7. The van der Waals surface area contributed by atoms with E-state index in [1.54, 1.807) is 31.5 Å². The molecule has 0 saturated heterocycles. The second-order valence-electron chi connectivity index (χ2n) is 14.0. The van der Waals surface area contributed by atoms with Gasteiger partial charge < -0.3 is 51.5 Å². The van der Waals surface area contributed by atoms with Crippen LogP contribution in [-0.4, -0.2) is 107 Å². The average Bonchev–Trinajstić information content (AvgIpc) is 3.98. The number of fused-ring (bicyclic) bond motifs is 4. The summed E-state index contributed by atoms with van der Waals surface area (Å²) in [5.41, 5.74) is 2.52. The predicted octanol–water partition coefficient (Wildman–Crippen LogP) is 1.08. The number of nitrogens with zero attached hydrogens (tertiary/aromatic N) is 2. The monoisotopic (exact) mass is 824 g/mol. The third-order valence-corrected chi connectivity index (χ3v) is 10.7. The van der Waals surface area contributed by atoms with Gasteiger partial charge >= 0.3 is 0 Å². The highest BCUT2D eigenvalue weighted by molar-refractivity contribution is 7.09. The van der Waals surface area contributed by atoms with Gasteiger partial charge in [-0.3, -0.25) is 33.6 Å². The third kappa shape index (κ3) is 9.75. The Morgan fingerprint density at radius 2 is 1.47 bits per heavy atom. The minimum Gasteiger partial charge on any atom is -0.496 e. The fourth-order valence-electron chi connectivity index (χ4n) is 6.63. The van der Waals surface area contributed by atoms with Crippen LogP contribution in [0.3, 0.4) is 0 Å². The summed E-state index contributed by atoms with van der Waals surface area (Å²) in [7, 11) is 2.86. The summed E-state index contributed by atoms with van der Waals surface area (Å²) >= 11 is 1.11. The van der Waals surface area contributed by atoms with E-state index in [1.807, 2.05) is 30.3 Å². The number of methoxy groups -OCH3 is 1. The Bertz CT molecular complexity index is 2450. The van der Waals surface area contributed by atoms with Crippen molar-refractivity contribution in [1.82, 2.24) is 51.8 Å². The lowest BCUT2D eigenvalue weighted by Crippen LogP contribution is -2.56. The summed E-state index contributed by atoms with van der Waals surface area (Å²) in [6.07, 6.45) is 3.39. The molecule has 0 spiro atoms. The maximum Gasteiger partial charge on any atom is 0.271 e. The maximum atomic E-state index is 14.4. The number of carbonyl (C=O) groups excluding carboxylic acids is 7. The van der Waals surface area contributed by atoms with Crippen molar-refractivity contribution < 1.29 is 38.3 Å². The van der Waals surface area contributed by atoms with Crippen molar-refractivity contribution in [2.45, 2.75) is 50.9 Å². The SMILES string of the molecule is C=C1NC(=O)[C@H](C)NC(=O)CNC(=O)[C@@H](Cc2c[nH]c3cccc(OC)c23)NC(=O)[C@H](Cc2c[nH]c3ccccc23)NC(=O)c2csc(n2)[C@H](C)NC(=O)CN(C)C1=O. The number of ether oxygens (including phenoxy) is 1. The van der Waals surface area contributed by atoms with E-state index >= 15 is 0 Å². The second kappa shape index (κ2) is 18.1. The topological polar surface area (TPSA) is 249 Å². The normalized spacial score (nSPS) is 20.9. The van der Waals surface area contributed by atoms with E-state index in [9.17, 15) is 33.6 Å². The van der Waals surface area contributed by atoms with Crippen molar-refractivity contribution in [1.29, 1.82) is 0 Å². The van der Waals surface area contributed by atoms with Gasteiger partial charge in [-0.1, -0.05) is 30.8 Å². The number of aromatic amines is 2. The molecule has 3 aromatic heterocycles. The molecule has 4 heterocycles. The highest BCUT2D eigenvalue weighted by Crippen LogP contribution is 2.29. The first-order chi connectivity index (χ1) is 28.2. The molecule has 8 N–H and O–H groups in total. The quantitative estimate of drug-likeness (QED) is 0.118. The van der Waals surface area contributed by atoms with Crippen molar-refractivity contribution in [2.24, 2.45) is 0 Å². The largest absolute Gasteiger partial charge is 0.496 e. The molecule has 2 aromatic carbocycles. The van der Waals surface area contributed by atoms with Crippen molar-refractivity contribution >= 4 is 74.5 Å². The third-order valence-electron chi connectivity index (χ3n) is 9.70. The standard InChI is InChI=1S/C40H44N10O8S/c1-20-35(53)46-22(3)40(57)50(4)18-33(52)45-21(2)39-49-30(19-59-39)38(56)48-29(13-23-15-41-26-10-7-6-9-25(23)26)37(55)47-28(36(54)43-17-32(51)44-20)14-24-16-42-27-11-8-12-31(58-5)34(24)27/h6-12,15-16,19-21,28-29,41-42H,3,13-14,17-18H2,1-2,4-5H3,(H,43,54)(H,44,51)(H,45,52)(H,46,53)(H,47,55)(H,48,56)/t20-,21-,28+,29-/m0/s1. The van der Waals surface area contributed by atoms with Crippen LogP contribution in [-0.2, 0) is 41.6 Å². The molecule has 6 rings (SSSR count). The number of aromatic nitrogens is 3. The van der Waals surface area contributed by atoms with Crippen LogP contribution in [0.4, 0.5) is 0 Å². The molecule has 5 aromatic rings. The first-order valence-electron chi connectivity index (χ1n) is 18.6. The summed E-state index contributed by atoms with van der Waals surface area (Å²) in [5.74, 6) is -4.41. The number of likely N-dealkylation sites (N-methyl/N-ethyl adjacent to an activating group) is 1. The van der Waals surface area contributed by atoms with Gasteiger partial charge in [-0.25, -0.2) is 4.98 Å². The fraction of sp³-hybridized carbons (Fsp3) is 0.300. The predicted molar refractivity (Wildman–Crippen MR) is 218 cm³/mol. The molecule has 0 radical (unpaired) electrons. The number of hydrogen-bond acceptors (Lipinski definition) is 10. The summed E-state index contributed by atoms with van der Waals surface area (Å²) in [4.78, 5) is 106. The fourth-order valence-corrected chi connectivity index (χ4v) is 7.44. The van der Waals surface area contributed by atoms with Gasteiger partial charge in [0.25, 0.3) is 11.8 Å². The Morgan fingerprint density at radius 3 is 2.25 bits per heavy atom. The Labute approximate surface area is 341 Å². The molecule has 18 nitrogen and oxygen atoms in total. The molecule has 0 aliphatic carbocycles. The molecule has 0 unspecified atom stereocenters. The molecule has 0 fully saturated rings. The number of thiazole rings is 1. The number of para-hydroxylation sites is 1. The number of H-pyrrole nitrogens is 2. The number of amides is 7. The summed E-state index contributed by atoms with van der Waals surface area (Å²) in [5, 5.41) is 19.1. The van der Waals surface area contributed by atoms with Crippen LogP contribution in [0.2, 0.25) is 0 Å². The molecule has 0 saturated carbocycles. The van der Waals surface area contributed by atoms with Crippen LogP contribution < -0.4 is 36.6 Å². The molecule has 59 heavy (non-hydrogen) atoms. The molecule has 2 bridgehead atoms. The van der Waals surface area contributed by atoms with Gasteiger partial charge in [0.1, 0.15) is 34.6 Å². The lowest BCUT2D eigenvalue weighted by atomic mass is 10.0. The Kier molecular flexibility index (Phi) is 12.7. The highest BCUT2D eigenvalue weighted by atomic mass is 32.1. The maximum absolute atomic E-state index is 14.4. The minimum atomic E-state index is -1.28. The first-order valence-corrected chi connectivity index (χ1v) is 19.5. The lowest BCUT2D eigenvalue weighted by molar-refractivity contribution is -0.133. The van der Waals surface area contributed by atoms with Crippen molar-refractivity contribution in [3.63, 3.8) is 0 Å². The number of benzene rings is 2. The van der Waals surface area contributed by atoms with E-state index in [2.05, 4.69) is 53.4 Å². The van der Waals surface area contributed by atoms with Crippen LogP contribution in [0, 0.1) is 0 Å². The molecule has 19 heteroatoms. The van der Waals surface area contributed by atoms with E-state index in [4.69, 9.17) is 4.74 Å². The molecule has 1 aliphatic rings. The second-order valence-corrected chi connectivity index (χ2v) is 14.9. The zero-order chi connectivity index (χ0) is 42.4. The Balaban J connectivity index is 1.34. The molecule has 1 aliphatic heterocycles. The smallest absolute Gasteiger partial charge is 0.271 e. The van der Waals surface area contributed by atoms with Crippen LogP contribution in [0.5, 0.6) is 5.75 Å². The Morgan fingerprint density at radius 1 is 0.797 bits per heavy atom. The lowest BCUT2D eigenvalue weighted by Gasteiger charge is -2.23. The van der Waals surface area contributed by atoms with Crippen molar-refractivity contribution in [2.75, 3.05) is 27.2 Å². The van der Waals surface area contributed by atoms with Gasteiger partial charge in [0, 0.05) is 59.5 Å². The minimum absolute atomic E-state index is 0.0152. The van der Waals surface area contributed by atoms with Crippen LogP contribution in [0.1, 0.15) is 46.5 Å². The van der Waals surface area contributed by atoms with Crippen LogP contribution in [0.15, 0.2) is 72.5 Å². The summed E-state index contributed by atoms with van der Waals surface area (Å²) in [6.45, 7) is 5.64. The van der Waals surface area contributed by atoms with Gasteiger partial charge in [0.15, 0.2) is 0 Å². The van der Waals surface area contributed by atoms with Gasteiger partial charge in [-0.15, -0.1) is 11.3 Å². The van der Waals surface area contributed by atoms with E-state index in [1.165, 1.54) is 26.5 Å². The summed E-state index contributed by atoms with van der Waals surface area (Å²) < 4.78 is 5.59. The van der Waals surface area contributed by atoms with E-state index < -0.39 is 78.6 Å². The van der Waals surface area contributed by atoms with Gasteiger partial charge in [-0.05, 0) is 43.2 Å². The van der Waals surface area contributed by atoms with Gasteiger partial charge in [0.05, 0.1) is 31.9 Å². The molecular weight excluding hydrogens is 781 g/mol. The highest BCUT2D eigenvalue weighted by Gasteiger charge is 2.31. The number of carbonyl (C=O) groups is 7. The van der Waals surface area contributed by atoms with Gasteiger partial charge in [-0.2, -0.15) is 0 Å². The van der Waals surface area contributed by atoms with Crippen LogP contribution in [0.25, 0.3) is 21.8 Å². The molecule has 308 valence electrons. The first kappa shape index (κ1) is 41.6. The van der Waals surface area contributed by atoms with E-state index in [-0.39, 0.29) is 24.2 Å². The number of nitrogens with one attached hydrogen (secondary N) is 8. The molecule has 7 amide bonds. The average molecular weight is 825 g/mol. The van der Waals surface area contributed by atoms with Crippen molar-refractivity contribution in [3.8, 4) is 5.75 Å². The van der Waals surface area contributed by atoms with Crippen molar-refractivity contribution in [3.05, 3.63) is 94.3 Å². The van der Waals surface area contributed by atoms with Gasteiger partial charge in [0.2, 0.25) is 29.5 Å². The zero-order valence-corrected chi connectivity index (χ0v) is 33.5.